The molecule has 3 aromatic rings. The number of amides is 1. The van der Waals surface area contributed by atoms with Crippen molar-refractivity contribution in [2.45, 2.75) is 24.5 Å². The molecule has 0 bridgehead atoms. The molecule has 31 heavy (non-hydrogen) atoms. The van der Waals surface area contributed by atoms with Crippen LogP contribution in [0.4, 0.5) is 0 Å². The molecular formula is C22H24BBrN2O3P2. The van der Waals surface area contributed by atoms with Crippen LogP contribution < -0.4 is 11.0 Å². The van der Waals surface area contributed by atoms with Gasteiger partial charge in [-0.2, -0.15) is 0 Å². The maximum atomic E-state index is 13.7. The zero-order valence-electron chi connectivity index (χ0n) is 17.7. The van der Waals surface area contributed by atoms with Crippen LogP contribution in [0.5, 0.6) is 0 Å². The summed E-state index contributed by atoms with van der Waals surface area (Å²) in [7, 11) is 9.18. The number of hydrogen-bond acceptors (Lipinski definition) is 3. The summed E-state index contributed by atoms with van der Waals surface area (Å²) in [6, 6.07) is 11.4. The number of halogens is 1. The quantitative estimate of drug-likeness (QED) is 0.430. The number of aryl methyl sites for hydroxylation is 1. The van der Waals surface area contributed by atoms with E-state index < -0.39 is 4.90 Å². The molecule has 160 valence electrons. The average molecular weight is 517 g/mol. The topological polar surface area (TPSA) is 62.4 Å². The predicted molar refractivity (Wildman–Crippen MR) is 138 cm³/mol. The minimum Gasteiger partial charge on any atom is -0.373 e. The molecule has 5 nitrogen and oxygen atoms in total. The Kier molecular flexibility index (Phi) is 6.17. The first-order valence-corrected chi connectivity index (χ1v) is 11.9. The fourth-order valence-electron chi connectivity index (χ4n) is 4.12. The standard InChI is InChI=1S/C22H24BBrN2O3P2/c1-11-6-15-14(8-16(11)23)19-17(25-20(15)27)9-29-10-18(19)26(2)21(28)22(30,31)12-4-3-5-13(24)7-12/h3-8,18H,9-10,23,30-31H2,1-2H3,(H,25,27). The molecular weight excluding hydrogens is 493 g/mol. The second kappa shape index (κ2) is 8.44. The Morgan fingerprint density at radius 2 is 2.03 bits per heavy atom. The average Bonchev–Trinajstić information content (AvgIpc) is 2.73. The summed E-state index contributed by atoms with van der Waals surface area (Å²) in [5.41, 5.74) is 4.60. The van der Waals surface area contributed by atoms with Crippen molar-refractivity contribution in [3.05, 3.63) is 73.6 Å². The Bertz CT molecular complexity index is 1260. The highest BCUT2D eigenvalue weighted by molar-refractivity contribution is 9.10. The van der Waals surface area contributed by atoms with E-state index in [2.05, 4.69) is 45.5 Å². The summed E-state index contributed by atoms with van der Waals surface area (Å²) in [4.78, 5) is 30.2. The van der Waals surface area contributed by atoms with Crippen LogP contribution in [0.25, 0.3) is 10.8 Å². The number of aromatic amines is 1. The molecule has 3 unspecified atom stereocenters. The summed E-state index contributed by atoms with van der Waals surface area (Å²) in [6.07, 6.45) is 0. The second-order valence-corrected chi connectivity index (χ2v) is 11.6. The molecule has 1 amide bonds. The lowest BCUT2D eigenvalue weighted by Crippen LogP contribution is -2.43. The van der Waals surface area contributed by atoms with E-state index in [1.165, 1.54) is 0 Å². The third-order valence-corrected chi connectivity index (χ3v) is 7.71. The maximum absolute atomic E-state index is 13.7. The number of fused-ring (bicyclic) bond motifs is 3. The van der Waals surface area contributed by atoms with E-state index in [0.29, 0.717) is 18.6 Å². The van der Waals surface area contributed by atoms with Crippen molar-refractivity contribution in [2.24, 2.45) is 0 Å². The molecule has 4 rings (SSSR count). The van der Waals surface area contributed by atoms with Gasteiger partial charge in [-0.15, -0.1) is 18.5 Å². The molecule has 1 N–H and O–H groups in total. The summed E-state index contributed by atoms with van der Waals surface area (Å²) < 4.78 is 6.70. The van der Waals surface area contributed by atoms with Crippen molar-refractivity contribution in [1.82, 2.24) is 9.88 Å². The van der Waals surface area contributed by atoms with Crippen LogP contribution in [0.3, 0.4) is 0 Å². The molecule has 2 aromatic carbocycles. The van der Waals surface area contributed by atoms with Gasteiger partial charge in [0.25, 0.3) is 5.56 Å². The monoisotopic (exact) mass is 516 g/mol. The highest BCUT2D eigenvalue weighted by Crippen LogP contribution is 2.43. The summed E-state index contributed by atoms with van der Waals surface area (Å²) >= 11 is 3.49. The molecule has 0 fully saturated rings. The molecule has 1 aliphatic rings. The zero-order valence-corrected chi connectivity index (χ0v) is 21.6. The lowest BCUT2D eigenvalue weighted by Gasteiger charge is -2.38. The Hall–Kier alpha value is -1.52. The highest BCUT2D eigenvalue weighted by atomic mass is 79.9. The number of ether oxygens (including phenoxy) is 1. The third-order valence-electron chi connectivity index (χ3n) is 6.06. The predicted octanol–water partition coefficient (Wildman–Crippen LogP) is 2.49. The number of H-pyrrole nitrogens is 1. The van der Waals surface area contributed by atoms with Crippen molar-refractivity contribution in [2.75, 3.05) is 13.7 Å². The molecule has 9 heteroatoms. The molecule has 3 atom stereocenters. The van der Waals surface area contributed by atoms with E-state index >= 15 is 0 Å². The molecule has 0 radical (unpaired) electrons. The molecule has 0 saturated heterocycles. The maximum Gasteiger partial charge on any atom is 0.256 e. The first kappa shape index (κ1) is 22.7. The van der Waals surface area contributed by atoms with Gasteiger partial charge >= 0.3 is 0 Å². The van der Waals surface area contributed by atoms with Gasteiger partial charge in [0.1, 0.15) is 12.7 Å². The number of pyridine rings is 1. The number of nitrogens with zero attached hydrogens (tertiary/aromatic N) is 1. The molecule has 1 aromatic heterocycles. The Labute approximate surface area is 195 Å². The molecule has 0 spiro atoms. The van der Waals surface area contributed by atoms with E-state index in [1.807, 2.05) is 45.1 Å². The van der Waals surface area contributed by atoms with Crippen LogP contribution >= 0.6 is 34.4 Å². The van der Waals surface area contributed by atoms with Crippen molar-refractivity contribution in [3.8, 4) is 0 Å². The van der Waals surface area contributed by atoms with Gasteiger partial charge in [0.2, 0.25) is 5.91 Å². The Morgan fingerprint density at radius 3 is 2.74 bits per heavy atom. The summed E-state index contributed by atoms with van der Waals surface area (Å²) in [6.45, 7) is 2.69. The first-order valence-electron chi connectivity index (χ1n) is 9.96. The van der Waals surface area contributed by atoms with Crippen molar-refractivity contribution in [3.63, 3.8) is 0 Å². The third kappa shape index (κ3) is 4.02. The van der Waals surface area contributed by atoms with E-state index in [-0.39, 0.29) is 17.5 Å². The van der Waals surface area contributed by atoms with Gasteiger partial charge in [-0.1, -0.05) is 45.2 Å². The van der Waals surface area contributed by atoms with E-state index in [9.17, 15) is 9.59 Å². The molecule has 2 heterocycles. The number of carbonyl (C=O) groups is 1. The van der Waals surface area contributed by atoms with Crippen LogP contribution in [0.15, 0.2) is 45.7 Å². The fourth-order valence-corrected chi connectivity index (χ4v) is 5.29. The minimum atomic E-state index is -0.888. The first-order chi connectivity index (χ1) is 14.6. The van der Waals surface area contributed by atoms with Crippen molar-refractivity contribution < 1.29 is 9.53 Å². The molecule has 0 aliphatic carbocycles. The highest BCUT2D eigenvalue weighted by Gasteiger charge is 2.38. The largest absolute Gasteiger partial charge is 0.373 e. The number of benzene rings is 2. The van der Waals surface area contributed by atoms with Gasteiger partial charge < -0.3 is 14.6 Å². The fraction of sp³-hybridized carbons (Fsp3) is 0.273. The van der Waals surface area contributed by atoms with Crippen molar-refractivity contribution >= 4 is 64.4 Å². The number of carbonyl (C=O) groups excluding carboxylic acids is 1. The van der Waals surface area contributed by atoms with Gasteiger partial charge in [-0.05, 0) is 36.1 Å². The van der Waals surface area contributed by atoms with Crippen LogP contribution in [-0.4, -0.2) is 37.3 Å². The molecule has 0 saturated carbocycles. The summed E-state index contributed by atoms with van der Waals surface area (Å²) in [5, 5.41) is 1.53. The smallest absolute Gasteiger partial charge is 0.256 e. The normalized spacial score (nSPS) is 16.2. The second-order valence-electron chi connectivity index (χ2n) is 8.15. The Balaban J connectivity index is 1.82. The molecule has 1 aliphatic heterocycles. The van der Waals surface area contributed by atoms with Crippen LogP contribution in [0, 0.1) is 6.92 Å². The van der Waals surface area contributed by atoms with Crippen LogP contribution in [-0.2, 0) is 21.0 Å². The lowest BCUT2D eigenvalue weighted by atomic mass is 9.86. The SMILES string of the molecule is Bc1cc2c3c([nH]c(=O)c2cc1C)COCC3N(C)C(=O)C(P)(P)c1cccc(Br)c1. The number of nitrogens with one attached hydrogen (secondary N) is 1. The summed E-state index contributed by atoms with van der Waals surface area (Å²) in [5.74, 6) is -0.0785. The number of hydrogen-bond donors (Lipinski definition) is 1. The van der Waals surface area contributed by atoms with Gasteiger partial charge in [-0.3, -0.25) is 9.59 Å². The van der Waals surface area contributed by atoms with Crippen LogP contribution in [0.2, 0.25) is 0 Å². The van der Waals surface area contributed by atoms with Gasteiger partial charge in [-0.25, -0.2) is 0 Å². The Morgan fingerprint density at radius 1 is 1.29 bits per heavy atom. The van der Waals surface area contributed by atoms with Crippen molar-refractivity contribution in [1.29, 1.82) is 0 Å². The lowest BCUT2D eigenvalue weighted by molar-refractivity contribution is -0.134. The zero-order chi connectivity index (χ0) is 22.5. The van der Waals surface area contributed by atoms with E-state index in [0.717, 1.165) is 37.7 Å². The van der Waals surface area contributed by atoms with E-state index in [4.69, 9.17) is 4.74 Å². The van der Waals surface area contributed by atoms with Gasteiger partial charge in [0, 0.05) is 28.2 Å². The minimum absolute atomic E-state index is 0.0785. The number of rotatable bonds is 3. The number of aromatic nitrogens is 1. The van der Waals surface area contributed by atoms with Crippen LogP contribution in [0.1, 0.15) is 28.4 Å². The van der Waals surface area contributed by atoms with Gasteiger partial charge in [0.05, 0.1) is 19.3 Å². The van der Waals surface area contributed by atoms with E-state index in [1.54, 1.807) is 11.9 Å². The van der Waals surface area contributed by atoms with Gasteiger partial charge in [0.15, 0.2) is 0 Å². The number of likely N-dealkylation sites (N-methyl/N-ethyl adjacent to an activating group) is 1.